The topological polar surface area (TPSA) is 58.6 Å². The minimum atomic E-state index is -5.11. The van der Waals surface area contributed by atoms with E-state index >= 15 is 0 Å². The number of unbranched alkanes of at least 4 members (excludes halogenated alkanes) is 1. The number of alkyl halides is 4. The van der Waals surface area contributed by atoms with E-state index in [-0.39, 0.29) is 18.4 Å². The molecule has 0 bridgehead atoms. The van der Waals surface area contributed by atoms with Gasteiger partial charge < -0.3 is 15.2 Å². The molecule has 1 aliphatic heterocycles. The van der Waals surface area contributed by atoms with Crippen LogP contribution in [0, 0.1) is 0 Å². The third-order valence-electron chi connectivity index (χ3n) is 4.54. The quantitative estimate of drug-likeness (QED) is 0.430. The van der Waals surface area contributed by atoms with Gasteiger partial charge in [0.1, 0.15) is 6.67 Å². The van der Waals surface area contributed by atoms with Gasteiger partial charge in [-0.25, -0.2) is 4.39 Å². The SMILES string of the molecule is CCCCOC(=O)CC1CCc2cc(C(O)(CF)C(F)(F)F)ccc2N1. The van der Waals surface area contributed by atoms with E-state index in [9.17, 15) is 27.5 Å². The van der Waals surface area contributed by atoms with E-state index in [1.54, 1.807) is 0 Å². The van der Waals surface area contributed by atoms with Gasteiger partial charge in [-0.15, -0.1) is 0 Å². The van der Waals surface area contributed by atoms with E-state index in [1.165, 1.54) is 12.1 Å². The van der Waals surface area contributed by atoms with Crippen LogP contribution in [-0.2, 0) is 21.6 Å². The Morgan fingerprint density at radius 1 is 1.38 bits per heavy atom. The van der Waals surface area contributed by atoms with Gasteiger partial charge in [-0.3, -0.25) is 4.79 Å². The van der Waals surface area contributed by atoms with E-state index < -0.39 is 24.0 Å². The summed E-state index contributed by atoms with van der Waals surface area (Å²) in [4.78, 5) is 11.8. The van der Waals surface area contributed by atoms with Gasteiger partial charge >= 0.3 is 12.1 Å². The van der Waals surface area contributed by atoms with Crippen molar-refractivity contribution in [1.29, 1.82) is 0 Å². The number of nitrogens with one attached hydrogen (secondary N) is 1. The van der Waals surface area contributed by atoms with Crippen molar-refractivity contribution in [2.75, 3.05) is 18.6 Å². The van der Waals surface area contributed by atoms with Gasteiger partial charge in [0.05, 0.1) is 13.0 Å². The Balaban J connectivity index is 2.06. The molecule has 26 heavy (non-hydrogen) atoms. The number of aryl methyl sites for hydroxylation is 1. The highest BCUT2D eigenvalue weighted by molar-refractivity contribution is 5.71. The first-order chi connectivity index (χ1) is 12.2. The Morgan fingerprint density at radius 3 is 2.73 bits per heavy atom. The highest BCUT2D eigenvalue weighted by Crippen LogP contribution is 2.41. The van der Waals surface area contributed by atoms with Crippen molar-refractivity contribution in [3.05, 3.63) is 29.3 Å². The number of hydrogen-bond acceptors (Lipinski definition) is 4. The van der Waals surface area contributed by atoms with Gasteiger partial charge in [-0.2, -0.15) is 13.2 Å². The number of esters is 1. The average Bonchev–Trinajstić information content (AvgIpc) is 2.59. The zero-order chi connectivity index (χ0) is 19.4. The van der Waals surface area contributed by atoms with E-state index in [2.05, 4.69) is 5.32 Å². The summed E-state index contributed by atoms with van der Waals surface area (Å²) in [5.41, 5.74) is -2.91. The van der Waals surface area contributed by atoms with Crippen molar-refractivity contribution in [1.82, 2.24) is 0 Å². The number of hydrogen-bond donors (Lipinski definition) is 2. The molecular weight excluding hydrogens is 354 g/mol. The molecule has 2 atom stereocenters. The number of halogens is 4. The highest BCUT2D eigenvalue weighted by atomic mass is 19.4. The largest absolute Gasteiger partial charge is 0.466 e. The molecular formula is C18H23F4NO3. The predicted octanol–water partition coefficient (Wildman–Crippen LogP) is 3.87. The smallest absolute Gasteiger partial charge is 0.424 e. The molecule has 146 valence electrons. The fraction of sp³-hybridized carbons (Fsp3) is 0.611. The summed E-state index contributed by atoms with van der Waals surface area (Å²) in [6.45, 7) is 0.417. The molecule has 0 saturated heterocycles. The summed E-state index contributed by atoms with van der Waals surface area (Å²) in [5.74, 6) is -0.320. The van der Waals surface area contributed by atoms with Crippen molar-refractivity contribution in [3.63, 3.8) is 0 Å². The van der Waals surface area contributed by atoms with Crippen LogP contribution >= 0.6 is 0 Å². The normalized spacial score (nSPS) is 19.2. The molecule has 0 aliphatic carbocycles. The van der Waals surface area contributed by atoms with E-state index in [0.29, 0.717) is 30.7 Å². The molecule has 1 aromatic rings. The Hall–Kier alpha value is -1.83. The van der Waals surface area contributed by atoms with Crippen LogP contribution in [0.4, 0.5) is 23.2 Å². The van der Waals surface area contributed by atoms with Crippen LogP contribution in [0.5, 0.6) is 0 Å². The second-order valence-corrected chi connectivity index (χ2v) is 6.52. The molecule has 1 heterocycles. The molecule has 2 rings (SSSR count). The number of ether oxygens (including phenoxy) is 1. The molecule has 0 radical (unpaired) electrons. The minimum absolute atomic E-state index is 0.169. The lowest BCUT2D eigenvalue weighted by atomic mass is 9.89. The van der Waals surface area contributed by atoms with Crippen molar-refractivity contribution in [2.45, 2.75) is 56.8 Å². The number of fused-ring (bicyclic) bond motifs is 1. The molecule has 4 nitrogen and oxygen atoms in total. The first kappa shape index (κ1) is 20.5. The van der Waals surface area contributed by atoms with E-state index in [4.69, 9.17) is 4.74 Å². The van der Waals surface area contributed by atoms with Gasteiger partial charge in [0.2, 0.25) is 5.60 Å². The van der Waals surface area contributed by atoms with Crippen molar-refractivity contribution in [3.8, 4) is 0 Å². The standard InChI is InChI=1S/C18H23F4NO3/c1-2-3-8-26-16(24)10-14-6-4-12-9-13(5-7-15(12)23-14)17(25,11-19)18(20,21)22/h5,7,9,14,23,25H,2-4,6,8,10-11H2,1H3. The van der Waals surface area contributed by atoms with Gasteiger partial charge in [0, 0.05) is 11.7 Å². The number of aliphatic hydroxyl groups is 1. The van der Waals surface area contributed by atoms with Crippen molar-refractivity contribution < 1.29 is 32.2 Å². The van der Waals surface area contributed by atoms with Crippen molar-refractivity contribution >= 4 is 11.7 Å². The van der Waals surface area contributed by atoms with Gasteiger partial charge in [0.25, 0.3) is 0 Å². The fourth-order valence-corrected chi connectivity index (χ4v) is 2.88. The van der Waals surface area contributed by atoms with Crippen LogP contribution in [0.15, 0.2) is 18.2 Å². The summed E-state index contributed by atoms with van der Waals surface area (Å²) >= 11 is 0. The number of carbonyl (C=O) groups is 1. The highest BCUT2D eigenvalue weighted by Gasteiger charge is 2.55. The molecule has 2 N–H and O–H groups in total. The summed E-state index contributed by atoms with van der Waals surface area (Å²) in [6, 6.07) is 3.43. The van der Waals surface area contributed by atoms with Gasteiger partial charge in [0.15, 0.2) is 0 Å². The second kappa shape index (κ2) is 8.24. The minimum Gasteiger partial charge on any atom is -0.466 e. The molecule has 0 amide bonds. The number of carbonyl (C=O) groups excluding carboxylic acids is 1. The maximum Gasteiger partial charge on any atom is 0.424 e. The lowest BCUT2D eigenvalue weighted by Gasteiger charge is -2.31. The number of anilines is 1. The maximum atomic E-state index is 13.0. The van der Waals surface area contributed by atoms with E-state index in [1.807, 2.05) is 6.92 Å². The van der Waals surface area contributed by atoms with Crippen LogP contribution in [0.2, 0.25) is 0 Å². The molecule has 2 unspecified atom stereocenters. The van der Waals surface area contributed by atoms with Gasteiger partial charge in [-0.05, 0) is 36.5 Å². The summed E-state index contributed by atoms with van der Waals surface area (Å²) < 4.78 is 57.1. The zero-order valence-electron chi connectivity index (χ0n) is 14.5. The third-order valence-corrected chi connectivity index (χ3v) is 4.54. The first-order valence-electron chi connectivity index (χ1n) is 8.62. The van der Waals surface area contributed by atoms with Crippen LogP contribution in [0.25, 0.3) is 0 Å². The van der Waals surface area contributed by atoms with Crippen LogP contribution < -0.4 is 5.32 Å². The van der Waals surface area contributed by atoms with Crippen LogP contribution in [0.3, 0.4) is 0 Å². The molecule has 0 spiro atoms. The molecule has 1 aromatic carbocycles. The summed E-state index contributed by atoms with van der Waals surface area (Å²) in [6.07, 6.45) is -2.27. The summed E-state index contributed by atoms with van der Waals surface area (Å²) in [7, 11) is 0. The van der Waals surface area contributed by atoms with E-state index in [0.717, 1.165) is 18.9 Å². The maximum absolute atomic E-state index is 13.0. The lowest BCUT2D eigenvalue weighted by Crippen LogP contribution is -2.44. The lowest BCUT2D eigenvalue weighted by molar-refractivity contribution is -0.271. The molecule has 0 fully saturated rings. The Kier molecular flexibility index (Phi) is 6.49. The molecule has 0 aromatic heterocycles. The molecule has 0 saturated carbocycles. The summed E-state index contributed by atoms with van der Waals surface area (Å²) in [5, 5.41) is 12.8. The van der Waals surface area contributed by atoms with Crippen LogP contribution in [-0.4, -0.2) is 36.6 Å². The predicted molar refractivity (Wildman–Crippen MR) is 88.6 cm³/mol. The monoisotopic (exact) mass is 377 g/mol. The van der Waals surface area contributed by atoms with Gasteiger partial charge in [-0.1, -0.05) is 25.5 Å². The number of rotatable bonds is 7. The molecule has 8 heteroatoms. The molecule has 1 aliphatic rings. The fourth-order valence-electron chi connectivity index (χ4n) is 2.88. The Bertz CT molecular complexity index is 635. The second-order valence-electron chi connectivity index (χ2n) is 6.52. The third kappa shape index (κ3) is 4.47. The zero-order valence-corrected chi connectivity index (χ0v) is 14.5. The van der Waals surface area contributed by atoms with Crippen LogP contribution in [0.1, 0.15) is 43.7 Å². The average molecular weight is 377 g/mol. The Morgan fingerprint density at radius 2 is 2.12 bits per heavy atom. The number of benzene rings is 1. The Labute approximate surface area is 149 Å². The van der Waals surface area contributed by atoms with Crippen molar-refractivity contribution in [2.24, 2.45) is 0 Å². The first-order valence-corrected chi connectivity index (χ1v) is 8.62.